The number of nitrogens with one attached hydrogen (secondary N) is 1. The van der Waals surface area contributed by atoms with Crippen LogP contribution in [0.25, 0.3) is 5.69 Å². The molecule has 180 valence electrons. The first-order chi connectivity index (χ1) is 15.9. The zero-order valence-electron chi connectivity index (χ0n) is 19.5. The molecule has 0 radical (unpaired) electrons. The van der Waals surface area contributed by atoms with Gasteiger partial charge in [-0.1, -0.05) is 50.0 Å². The van der Waals surface area contributed by atoms with Crippen molar-refractivity contribution in [1.29, 1.82) is 0 Å². The number of halogens is 2. The van der Waals surface area contributed by atoms with E-state index in [1.807, 2.05) is 46.8 Å². The number of benzene rings is 2. The molecule has 0 aliphatic heterocycles. The van der Waals surface area contributed by atoms with Gasteiger partial charge in [0, 0.05) is 6.42 Å². The lowest BCUT2D eigenvalue weighted by atomic mass is 9.68. The number of anilines is 1. The monoisotopic (exact) mass is 504 g/mol. The number of carbonyl (C=O) groups excluding carboxylic acids is 1. The van der Waals surface area contributed by atoms with Crippen molar-refractivity contribution in [1.82, 2.24) is 14.8 Å². The molecular formula is C24H26Cl2N4O4. The van der Waals surface area contributed by atoms with E-state index < -0.39 is 16.7 Å². The first-order valence-electron chi connectivity index (χ1n) is 10.7. The predicted octanol–water partition coefficient (Wildman–Crippen LogP) is 4.80. The number of rotatable bonds is 7. The van der Waals surface area contributed by atoms with Crippen molar-refractivity contribution in [3.63, 3.8) is 0 Å². The summed E-state index contributed by atoms with van der Waals surface area (Å²) in [7, 11) is 0. The molecule has 0 aliphatic carbocycles. The number of ether oxygens (including phenoxy) is 1. The van der Waals surface area contributed by atoms with Gasteiger partial charge in [-0.15, -0.1) is 5.10 Å². The number of H-pyrrole nitrogens is 1. The summed E-state index contributed by atoms with van der Waals surface area (Å²) in [6.45, 7) is 9.80. The number of aryl methyl sites for hydroxylation is 1. The van der Waals surface area contributed by atoms with Gasteiger partial charge in [-0.3, -0.25) is 14.6 Å². The molecule has 3 aromatic rings. The van der Waals surface area contributed by atoms with Gasteiger partial charge in [0.1, 0.15) is 11.5 Å². The predicted molar refractivity (Wildman–Crippen MR) is 134 cm³/mol. The summed E-state index contributed by atoms with van der Waals surface area (Å²) >= 11 is 12.9. The molecule has 1 heterocycles. The average Bonchev–Trinajstić information content (AvgIpc) is 2.78. The van der Waals surface area contributed by atoms with Crippen molar-refractivity contribution in [3.05, 3.63) is 72.3 Å². The van der Waals surface area contributed by atoms with Crippen molar-refractivity contribution in [2.24, 2.45) is 5.92 Å². The molecule has 34 heavy (non-hydrogen) atoms. The maximum absolute atomic E-state index is 12.9. The molecule has 3 N–H and O–H groups in total. The van der Waals surface area contributed by atoms with E-state index in [-0.39, 0.29) is 39.0 Å². The van der Waals surface area contributed by atoms with E-state index in [9.17, 15) is 14.4 Å². The van der Waals surface area contributed by atoms with E-state index in [2.05, 4.69) is 10.1 Å². The van der Waals surface area contributed by atoms with Gasteiger partial charge in [-0.2, -0.15) is 4.68 Å². The molecule has 0 bridgehead atoms. The van der Waals surface area contributed by atoms with E-state index in [1.165, 1.54) is 12.1 Å². The molecule has 0 amide bonds. The summed E-state index contributed by atoms with van der Waals surface area (Å²) in [5.41, 5.74) is 5.29. The number of hydrogen-bond donors (Lipinski definition) is 2. The molecule has 1 aromatic heterocycles. The minimum atomic E-state index is -0.795. The lowest BCUT2D eigenvalue weighted by molar-refractivity contribution is -0.125. The summed E-state index contributed by atoms with van der Waals surface area (Å²) in [5, 5.41) is 4.00. The highest BCUT2D eigenvalue weighted by molar-refractivity contribution is 6.37. The van der Waals surface area contributed by atoms with Gasteiger partial charge < -0.3 is 10.5 Å². The van der Waals surface area contributed by atoms with Crippen molar-refractivity contribution in [2.45, 2.75) is 46.5 Å². The van der Waals surface area contributed by atoms with Crippen LogP contribution in [0.2, 0.25) is 10.0 Å². The van der Waals surface area contributed by atoms with Crippen LogP contribution in [0.3, 0.4) is 0 Å². The van der Waals surface area contributed by atoms with Gasteiger partial charge in [-0.25, -0.2) is 4.79 Å². The number of nitrogen functional groups attached to an aromatic ring is 1. The second-order valence-electron chi connectivity index (χ2n) is 8.51. The maximum Gasteiger partial charge on any atom is 0.349 e. The van der Waals surface area contributed by atoms with Gasteiger partial charge in [0.05, 0.1) is 21.1 Å². The SMILES string of the molecule is CCC(=O)C(C)(c1cc(Oc2c(Cl)cc(-n3nc(N)c(=O)[nH]c3=O)cc2Cl)ccc1C)C(C)C. The third-order valence-corrected chi connectivity index (χ3v) is 6.69. The number of hydrogen-bond acceptors (Lipinski definition) is 6. The molecule has 0 spiro atoms. The van der Waals surface area contributed by atoms with E-state index in [0.717, 1.165) is 15.8 Å². The molecule has 0 saturated heterocycles. The Bertz CT molecular complexity index is 1360. The molecular weight excluding hydrogens is 479 g/mol. The van der Waals surface area contributed by atoms with Crippen LogP contribution in [0, 0.1) is 12.8 Å². The zero-order valence-corrected chi connectivity index (χ0v) is 21.0. The number of nitrogens with two attached hydrogens (primary N) is 1. The van der Waals surface area contributed by atoms with Gasteiger partial charge in [0.2, 0.25) is 5.82 Å². The Hall–Kier alpha value is -3.10. The molecule has 0 fully saturated rings. The highest BCUT2D eigenvalue weighted by Gasteiger charge is 2.38. The molecule has 0 saturated carbocycles. The standard InChI is InChI=1S/C24H26Cl2N4O4/c1-6-19(31)24(5,12(2)3)16-11-15(8-7-13(16)4)34-20-17(25)9-14(10-18(20)26)30-23(33)28-22(32)21(27)29-30/h7-12H,6H2,1-5H3,(H2,27,29)(H,28,32,33). The summed E-state index contributed by atoms with van der Waals surface area (Å²) in [6.07, 6.45) is 0.418. The normalized spacial score (nSPS) is 13.1. The highest BCUT2D eigenvalue weighted by Crippen LogP contribution is 2.41. The van der Waals surface area contributed by atoms with Crippen LogP contribution < -0.4 is 21.7 Å². The summed E-state index contributed by atoms with van der Waals surface area (Å²) < 4.78 is 6.90. The largest absolute Gasteiger partial charge is 0.454 e. The topological polar surface area (TPSA) is 120 Å². The Morgan fingerprint density at radius 1 is 1.21 bits per heavy atom. The Kier molecular flexibility index (Phi) is 7.24. The molecule has 10 heteroatoms. The van der Waals surface area contributed by atoms with Crippen LogP contribution in [0.5, 0.6) is 11.5 Å². The third-order valence-electron chi connectivity index (χ3n) is 6.12. The number of Topliss-reactive ketones (excluding diaryl/α,β-unsaturated/α-hetero) is 1. The average molecular weight is 505 g/mol. The lowest BCUT2D eigenvalue weighted by Gasteiger charge is -2.34. The molecule has 8 nitrogen and oxygen atoms in total. The summed E-state index contributed by atoms with van der Waals surface area (Å²) in [5.74, 6) is 0.447. The van der Waals surface area contributed by atoms with Gasteiger partial charge >= 0.3 is 5.69 Å². The molecule has 0 aliphatic rings. The first-order valence-corrected chi connectivity index (χ1v) is 11.5. The number of carbonyl (C=O) groups is 1. The number of aromatic amines is 1. The van der Waals surface area contributed by atoms with Crippen molar-refractivity contribution < 1.29 is 9.53 Å². The van der Waals surface area contributed by atoms with E-state index >= 15 is 0 Å². The van der Waals surface area contributed by atoms with Gasteiger partial charge in [0.15, 0.2) is 5.75 Å². The molecule has 1 unspecified atom stereocenters. The smallest absolute Gasteiger partial charge is 0.349 e. The van der Waals surface area contributed by atoms with Crippen molar-refractivity contribution >= 4 is 34.8 Å². The van der Waals surface area contributed by atoms with Crippen LogP contribution in [-0.2, 0) is 10.2 Å². The lowest BCUT2D eigenvalue weighted by Crippen LogP contribution is -2.38. The fourth-order valence-electron chi connectivity index (χ4n) is 3.85. The van der Waals surface area contributed by atoms with Crippen molar-refractivity contribution in [3.8, 4) is 17.2 Å². The van der Waals surface area contributed by atoms with Crippen LogP contribution >= 0.6 is 23.2 Å². The Balaban J connectivity index is 2.05. The second kappa shape index (κ2) is 9.64. The molecule has 1 atom stereocenters. The fraction of sp³-hybridized carbons (Fsp3) is 0.333. The summed E-state index contributed by atoms with van der Waals surface area (Å²) in [6, 6.07) is 8.33. The zero-order chi connectivity index (χ0) is 25.4. The number of aromatic nitrogens is 3. The molecule has 3 rings (SSSR count). The van der Waals surface area contributed by atoms with E-state index in [1.54, 1.807) is 6.07 Å². The van der Waals surface area contributed by atoms with Crippen LogP contribution in [0.15, 0.2) is 39.9 Å². The van der Waals surface area contributed by atoms with Crippen molar-refractivity contribution in [2.75, 3.05) is 5.73 Å². The number of nitrogens with zero attached hydrogens (tertiary/aromatic N) is 2. The highest BCUT2D eigenvalue weighted by atomic mass is 35.5. The van der Waals surface area contributed by atoms with Crippen LogP contribution in [0.4, 0.5) is 5.82 Å². The summed E-state index contributed by atoms with van der Waals surface area (Å²) in [4.78, 5) is 38.6. The van der Waals surface area contributed by atoms with Gasteiger partial charge in [0.25, 0.3) is 5.56 Å². The minimum absolute atomic E-state index is 0.0657. The van der Waals surface area contributed by atoms with Crippen LogP contribution in [-0.4, -0.2) is 20.5 Å². The quantitative estimate of drug-likeness (QED) is 0.476. The minimum Gasteiger partial charge on any atom is -0.454 e. The second-order valence-corrected chi connectivity index (χ2v) is 9.32. The van der Waals surface area contributed by atoms with Crippen LogP contribution in [0.1, 0.15) is 45.2 Å². The first kappa shape index (κ1) is 25.5. The maximum atomic E-state index is 12.9. The Labute approximate surface area is 206 Å². The fourth-order valence-corrected chi connectivity index (χ4v) is 4.40. The number of ketones is 1. The Morgan fingerprint density at radius 2 is 1.82 bits per heavy atom. The third kappa shape index (κ3) is 4.60. The molecule has 2 aromatic carbocycles. The van der Waals surface area contributed by atoms with Gasteiger partial charge in [-0.05, 0) is 55.2 Å². The Morgan fingerprint density at radius 3 is 2.38 bits per heavy atom. The van der Waals surface area contributed by atoms with E-state index in [4.69, 9.17) is 33.7 Å². The van der Waals surface area contributed by atoms with E-state index in [0.29, 0.717) is 12.2 Å².